The second-order valence-electron chi connectivity index (χ2n) is 7.98. The summed E-state index contributed by atoms with van der Waals surface area (Å²) in [4.78, 5) is 61.3. The Morgan fingerprint density at radius 1 is 1.38 bits per heavy atom. The van der Waals surface area contributed by atoms with E-state index < -0.39 is 35.3 Å². The molecule has 200 valence electrons. The number of carboxylic acids is 1. The van der Waals surface area contributed by atoms with Crippen LogP contribution in [-0.2, 0) is 24.0 Å². The first-order valence-electron chi connectivity index (χ1n) is 10.8. The summed E-state index contributed by atoms with van der Waals surface area (Å²) < 4.78 is 0. The molecule has 39 heavy (non-hydrogen) atoms. The van der Waals surface area contributed by atoms with Crippen molar-refractivity contribution in [3.8, 4) is 0 Å². The Labute approximate surface area is 253 Å². The number of oxime groups is 1. The molecule has 3 aliphatic rings. The maximum Gasteiger partial charge on any atom is 1.00 e. The van der Waals surface area contributed by atoms with E-state index in [0.29, 0.717) is 18.5 Å². The summed E-state index contributed by atoms with van der Waals surface area (Å²) in [6.45, 7) is 0.410. The molecular weight excluding hydrogens is 585 g/mol. The van der Waals surface area contributed by atoms with E-state index >= 15 is 0 Å². The minimum absolute atomic E-state index is 0. The van der Waals surface area contributed by atoms with E-state index in [-0.39, 0.29) is 74.4 Å². The van der Waals surface area contributed by atoms with Gasteiger partial charge in [0.1, 0.15) is 17.1 Å². The number of hydrogen-bond donors (Lipinski definition) is 4. The number of hydrogen-bond acceptors (Lipinski definition) is 16. The number of anilines is 1. The van der Waals surface area contributed by atoms with Crippen molar-refractivity contribution in [2.75, 3.05) is 29.6 Å². The number of nitrogen functional groups attached to an aromatic ring is 2. The fourth-order valence-corrected chi connectivity index (χ4v) is 6.64. The molecule has 3 amide bonds. The van der Waals surface area contributed by atoms with Crippen LogP contribution in [0.2, 0.25) is 0 Å². The molecule has 3 atom stereocenters. The van der Waals surface area contributed by atoms with Crippen LogP contribution >= 0.6 is 34.9 Å². The van der Waals surface area contributed by atoms with E-state index in [0.717, 1.165) is 32.8 Å². The number of carbonyl (C=O) groups is 4. The Kier molecular flexibility index (Phi) is 9.01. The van der Waals surface area contributed by atoms with Crippen LogP contribution < -0.4 is 56.9 Å². The van der Waals surface area contributed by atoms with E-state index in [1.807, 2.05) is 0 Å². The number of nitrogens with zero attached hydrogens (tertiary/aromatic N) is 7. The van der Waals surface area contributed by atoms with Gasteiger partial charge in [-0.25, -0.2) is 4.98 Å². The molecule has 3 aliphatic heterocycles. The van der Waals surface area contributed by atoms with Gasteiger partial charge < -0.3 is 36.9 Å². The van der Waals surface area contributed by atoms with Crippen LogP contribution in [0.4, 0.5) is 5.13 Å². The van der Waals surface area contributed by atoms with E-state index in [1.165, 1.54) is 17.1 Å². The number of carbonyl (C=O) groups excluding carboxylic acids is 4. The molecule has 0 radical (unpaired) electrons. The van der Waals surface area contributed by atoms with Crippen LogP contribution in [0.5, 0.6) is 0 Å². The van der Waals surface area contributed by atoms with E-state index in [2.05, 4.69) is 36.3 Å². The van der Waals surface area contributed by atoms with Gasteiger partial charge in [0.2, 0.25) is 11.3 Å². The summed E-state index contributed by atoms with van der Waals surface area (Å²) in [5.74, 6) is 2.63. The third-order valence-corrected chi connectivity index (χ3v) is 8.65. The zero-order chi connectivity index (χ0) is 27.0. The van der Waals surface area contributed by atoms with Crippen LogP contribution in [0, 0.1) is 0 Å². The molecule has 2 aromatic rings. The van der Waals surface area contributed by atoms with Crippen LogP contribution in [-0.4, -0.2) is 95.2 Å². The minimum atomic E-state index is -1.53. The van der Waals surface area contributed by atoms with Crippen molar-refractivity contribution in [3.05, 3.63) is 22.3 Å². The SMILES string of the molecule is Nc1nc(/C(=N/O[C@H]2CCNC2=O)C(=O)N[C@@H]2C(=O)N3C(C(=O)[O-])=C(CSc4nnnn4N)CS[C@@H]23)cs1.[Na+]. The number of β-lactam (4-membered cyclic amide) rings is 1. The fourth-order valence-electron chi connectivity index (χ4n) is 3.81. The van der Waals surface area contributed by atoms with Gasteiger partial charge in [0.05, 0.1) is 11.7 Å². The first-order chi connectivity index (χ1) is 18.2. The van der Waals surface area contributed by atoms with Gasteiger partial charge in [0.15, 0.2) is 10.8 Å². The van der Waals surface area contributed by atoms with E-state index in [4.69, 9.17) is 16.4 Å². The largest absolute Gasteiger partial charge is 1.00 e. The molecule has 5 rings (SSSR count). The number of aliphatic carboxylic acids is 1. The Hall–Kier alpha value is -2.91. The molecule has 5 heterocycles. The molecule has 0 aromatic carbocycles. The molecule has 6 N–H and O–H groups in total. The van der Waals surface area contributed by atoms with Gasteiger partial charge in [-0.05, 0) is 16.0 Å². The molecule has 2 saturated heterocycles. The predicted molar refractivity (Wildman–Crippen MR) is 131 cm³/mol. The molecule has 2 aromatic heterocycles. The first-order valence-corrected chi connectivity index (χ1v) is 13.7. The van der Waals surface area contributed by atoms with Gasteiger partial charge >= 0.3 is 29.6 Å². The molecule has 0 spiro atoms. The van der Waals surface area contributed by atoms with Crippen LogP contribution in [0.3, 0.4) is 0 Å². The van der Waals surface area contributed by atoms with Gasteiger partial charge in [-0.3, -0.25) is 19.3 Å². The number of nitrogens with two attached hydrogens (primary N) is 2. The number of carboxylic acid groups (broad SMARTS) is 1. The van der Waals surface area contributed by atoms with Gasteiger partial charge in [0, 0.05) is 29.9 Å². The van der Waals surface area contributed by atoms with E-state index in [9.17, 15) is 24.3 Å². The van der Waals surface area contributed by atoms with Crippen LogP contribution in [0.1, 0.15) is 12.1 Å². The summed E-state index contributed by atoms with van der Waals surface area (Å²) in [5.41, 5.74) is 5.65. The van der Waals surface area contributed by atoms with Gasteiger partial charge in [-0.1, -0.05) is 22.0 Å². The standard InChI is InChI=1S/C18H19N11O6S3.Na/c19-17-22-7(5-37-17)9(25-35-8-1-2-21-12(8)30)13(31)23-10-14(32)28-11(16(33)34)6(3-36-15(10)28)4-38-18-24-26-27-29(18)20;/h5,8,10,15H,1-4,20H2,(H2,19,22)(H,21,30)(H,23,31)(H,33,34);/q;+1/p-1/b25-9-;/t8-,10+,15-;/m0./s1. The fraction of sp³-hybridized carbons (Fsp3) is 0.389. The minimum Gasteiger partial charge on any atom is -0.543 e. The van der Waals surface area contributed by atoms with Crippen molar-refractivity contribution in [1.82, 2.24) is 40.8 Å². The topological polar surface area (TPSA) is 249 Å². The van der Waals surface area contributed by atoms with Crippen molar-refractivity contribution in [2.24, 2.45) is 5.16 Å². The number of rotatable bonds is 9. The molecule has 2 fully saturated rings. The Balaban J connectivity index is 0.00000353. The van der Waals surface area contributed by atoms with Gasteiger partial charge in [-0.2, -0.15) is 0 Å². The van der Waals surface area contributed by atoms with Crippen molar-refractivity contribution >= 4 is 69.4 Å². The zero-order valence-electron chi connectivity index (χ0n) is 20.1. The quantitative estimate of drug-likeness (QED) is 0.0519. The number of nitrogens with one attached hydrogen (secondary N) is 2. The van der Waals surface area contributed by atoms with Crippen molar-refractivity contribution in [3.63, 3.8) is 0 Å². The number of thioether (sulfide) groups is 2. The molecule has 0 aliphatic carbocycles. The Morgan fingerprint density at radius 3 is 2.79 bits per heavy atom. The van der Waals surface area contributed by atoms with Crippen LogP contribution in [0.15, 0.2) is 27.0 Å². The smallest absolute Gasteiger partial charge is 0.543 e. The van der Waals surface area contributed by atoms with Gasteiger partial charge in [-0.15, -0.1) is 27.9 Å². The second-order valence-corrected chi connectivity index (χ2v) is 10.9. The number of fused-ring (bicyclic) bond motifs is 1. The molecule has 21 heteroatoms. The third kappa shape index (κ3) is 5.84. The zero-order valence-corrected chi connectivity index (χ0v) is 24.5. The normalized spacial score (nSPS) is 22.5. The van der Waals surface area contributed by atoms with Crippen molar-refractivity contribution < 1.29 is 58.7 Å². The summed E-state index contributed by atoms with van der Waals surface area (Å²) in [7, 11) is 0. The maximum atomic E-state index is 13.2. The third-order valence-electron chi connectivity index (χ3n) is 5.61. The van der Waals surface area contributed by atoms with Crippen molar-refractivity contribution in [1.29, 1.82) is 0 Å². The molecular formula is C18H18N11NaO6S3. The Morgan fingerprint density at radius 2 is 2.18 bits per heavy atom. The predicted octanol–water partition coefficient (Wildman–Crippen LogP) is -6.76. The maximum absolute atomic E-state index is 13.2. The Bertz CT molecular complexity index is 1380. The average molecular weight is 604 g/mol. The second kappa shape index (κ2) is 12.1. The van der Waals surface area contributed by atoms with Gasteiger partial charge in [0.25, 0.3) is 17.7 Å². The summed E-state index contributed by atoms with van der Waals surface area (Å²) in [5, 5.41) is 32.8. The molecule has 0 bridgehead atoms. The number of tetrazole rings is 1. The summed E-state index contributed by atoms with van der Waals surface area (Å²) in [6, 6.07) is -1.05. The summed E-state index contributed by atoms with van der Waals surface area (Å²) >= 11 is 3.43. The number of amides is 3. The van der Waals surface area contributed by atoms with Crippen LogP contribution in [0.25, 0.3) is 0 Å². The van der Waals surface area contributed by atoms with Crippen molar-refractivity contribution in [2.45, 2.75) is 29.1 Å². The molecule has 0 unspecified atom stereocenters. The molecule has 0 saturated carbocycles. The van der Waals surface area contributed by atoms with E-state index in [1.54, 1.807) is 0 Å². The first kappa shape index (κ1) is 29.1. The number of aromatic nitrogens is 5. The monoisotopic (exact) mass is 603 g/mol. The number of thiazole rings is 1. The average Bonchev–Trinajstić information content (AvgIpc) is 3.62. The molecule has 17 nitrogen and oxygen atoms in total. The summed E-state index contributed by atoms with van der Waals surface area (Å²) in [6.07, 6.45) is -0.510.